The predicted molar refractivity (Wildman–Crippen MR) is 62.0 cm³/mol. The van der Waals surface area contributed by atoms with Gasteiger partial charge in [0, 0.05) is 35.8 Å². The van der Waals surface area contributed by atoms with Crippen LogP contribution in [0.15, 0.2) is 42.7 Å². The van der Waals surface area contributed by atoms with Crippen LogP contribution in [0.2, 0.25) is 0 Å². The first-order valence-electron chi connectivity index (χ1n) is 4.80. The van der Waals surface area contributed by atoms with Crippen molar-refractivity contribution in [2.24, 2.45) is 5.73 Å². The van der Waals surface area contributed by atoms with E-state index in [1.807, 2.05) is 30.3 Å². The summed E-state index contributed by atoms with van der Waals surface area (Å²) < 4.78 is 0. The Hall–Kier alpha value is -1.87. The highest BCUT2D eigenvalue weighted by Gasteiger charge is 2.03. The van der Waals surface area contributed by atoms with Crippen LogP contribution in [0.25, 0.3) is 11.1 Å². The lowest BCUT2D eigenvalue weighted by atomic mass is 10.0. The molecule has 76 valence electrons. The first-order valence-corrected chi connectivity index (χ1v) is 4.80. The Bertz CT molecular complexity index is 452. The Morgan fingerprint density at radius 1 is 1.20 bits per heavy atom. The van der Waals surface area contributed by atoms with Gasteiger partial charge in [-0.15, -0.1) is 0 Å². The zero-order valence-corrected chi connectivity index (χ0v) is 8.35. The van der Waals surface area contributed by atoms with Crippen LogP contribution in [0, 0.1) is 0 Å². The molecular weight excluding hydrogens is 186 g/mol. The van der Waals surface area contributed by atoms with Gasteiger partial charge in [0.15, 0.2) is 0 Å². The van der Waals surface area contributed by atoms with Crippen LogP contribution >= 0.6 is 0 Å². The number of aromatic nitrogens is 1. The van der Waals surface area contributed by atoms with E-state index in [0.717, 1.165) is 22.4 Å². The minimum Gasteiger partial charge on any atom is -0.398 e. The van der Waals surface area contributed by atoms with Crippen LogP contribution < -0.4 is 11.5 Å². The topological polar surface area (TPSA) is 64.9 Å². The second-order valence-corrected chi connectivity index (χ2v) is 3.37. The Morgan fingerprint density at radius 2 is 2.07 bits per heavy atom. The predicted octanol–water partition coefficient (Wildman–Crippen LogP) is 1.79. The normalized spacial score (nSPS) is 10.2. The summed E-state index contributed by atoms with van der Waals surface area (Å²) in [6, 6.07) is 9.70. The average Bonchev–Trinajstić information content (AvgIpc) is 2.31. The largest absolute Gasteiger partial charge is 0.398 e. The van der Waals surface area contributed by atoms with Crippen molar-refractivity contribution in [1.82, 2.24) is 4.98 Å². The molecule has 2 aromatic rings. The Kier molecular flexibility index (Phi) is 2.65. The van der Waals surface area contributed by atoms with Gasteiger partial charge in [0.05, 0.1) is 0 Å². The van der Waals surface area contributed by atoms with Crippen LogP contribution in [-0.2, 0) is 6.54 Å². The van der Waals surface area contributed by atoms with Gasteiger partial charge in [-0.3, -0.25) is 4.98 Å². The molecule has 0 aliphatic rings. The summed E-state index contributed by atoms with van der Waals surface area (Å²) in [6.07, 6.45) is 3.54. The lowest BCUT2D eigenvalue weighted by molar-refractivity contribution is 1.07. The minimum atomic E-state index is 0.521. The summed E-state index contributed by atoms with van der Waals surface area (Å²) in [4.78, 5) is 4.07. The fourth-order valence-electron chi connectivity index (χ4n) is 1.50. The SMILES string of the molecule is NCc1ccc(N)c(-c2cccnc2)c1. The average molecular weight is 199 g/mol. The summed E-state index contributed by atoms with van der Waals surface area (Å²) in [5.41, 5.74) is 15.3. The second-order valence-electron chi connectivity index (χ2n) is 3.37. The number of hydrogen-bond donors (Lipinski definition) is 2. The van der Waals surface area contributed by atoms with Crippen molar-refractivity contribution < 1.29 is 0 Å². The van der Waals surface area contributed by atoms with Crippen molar-refractivity contribution >= 4 is 5.69 Å². The van der Waals surface area contributed by atoms with Crippen molar-refractivity contribution in [3.8, 4) is 11.1 Å². The monoisotopic (exact) mass is 199 g/mol. The standard InChI is InChI=1S/C12H13N3/c13-7-9-3-4-12(14)11(6-9)10-2-1-5-15-8-10/h1-6,8H,7,13-14H2. The van der Waals surface area contributed by atoms with Gasteiger partial charge in [0.1, 0.15) is 0 Å². The summed E-state index contributed by atoms with van der Waals surface area (Å²) in [6.45, 7) is 0.521. The highest BCUT2D eigenvalue weighted by molar-refractivity contribution is 5.76. The quantitative estimate of drug-likeness (QED) is 0.725. The van der Waals surface area contributed by atoms with E-state index in [9.17, 15) is 0 Å². The summed E-state index contributed by atoms with van der Waals surface area (Å²) in [5, 5.41) is 0. The maximum atomic E-state index is 5.91. The van der Waals surface area contributed by atoms with Crippen molar-refractivity contribution in [2.75, 3.05) is 5.73 Å². The van der Waals surface area contributed by atoms with Gasteiger partial charge < -0.3 is 11.5 Å². The maximum absolute atomic E-state index is 5.91. The number of hydrogen-bond acceptors (Lipinski definition) is 3. The molecule has 0 radical (unpaired) electrons. The lowest BCUT2D eigenvalue weighted by Gasteiger charge is -2.07. The molecule has 0 atom stereocenters. The summed E-state index contributed by atoms with van der Waals surface area (Å²) in [7, 11) is 0. The molecule has 0 unspecified atom stereocenters. The molecule has 1 aromatic carbocycles. The van der Waals surface area contributed by atoms with Gasteiger partial charge in [-0.05, 0) is 23.8 Å². The Balaban J connectivity index is 2.52. The van der Waals surface area contributed by atoms with Crippen molar-refractivity contribution in [1.29, 1.82) is 0 Å². The first kappa shape index (κ1) is 9.68. The number of benzene rings is 1. The van der Waals surface area contributed by atoms with Gasteiger partial charge >= 0.3 is 0 Å². The summed E-state index contributed by atoms with van der Waals surface area (Å²) in [5.74, 6) is 0. The molecular formula is C12H13N3. The van der Waals surface area contributed by atoms with Crippen LogP contribution in [0.1, 0.15) is 5.56 Å². The molecule has 3 heteroatoms. The number of pyridine rings is 1. The second kappa shape index (κ2) is 4.11. The number of nitrogen functional groups attached to an aromatic ring is 1. The van der Waals surface area contributed by atoms with Crippen LogP contribution in [0.3, 0.4) is 0 Å². The lowest BCUT2D eigenvalue weighted by Crippen LogP contribution is -1.98. The molecule has 0 saturated carbocycles. The molecule has 0 aliphatic heterocycles. The maximum Gasteiger partial charge on any atom is 0.0394 e. The Morgan fingerprint density at radius 3 is 2.73 bits per heavy atom. The molecule has 0 aliphatic carbocycles. The van der Waals surface area contributed by atoms with E-state index in [1.165, 1.54) is 0 Å². The fourth-order valence-corrected chi connectivity index (χ4v) is 1.50. The van der Waals surface area contributed by atoms with Gasteiger partial charge in [0.2, 0.25) is 0 Å². The molecule has 15 heavy (non-hydrogen) atoms. The van der Waals surface area contributed by atoms with Gasteiger partial charge in [-0.25, -0.2) is 0 Å². The van der Waals surface area contributed by atoms with Crippen LogP contribution in [0.4, 0.5) is 5.69 Å². The number of nitrogens with zero attached hydrogens (tertiary/aromatic N) is 1. The molecule has 0 fully saturated rings. The van der Waals surface area contributed by atoms with Gasteiger partial charge in [0.25, 0.3) is 0 Å². The zero-order chi connectivity index (χ0) is 10.7. The third-order valence-electron chi connectivity index (χ3n) is 2.33. The van der Waals surface area contributed by atoms with E-state index in [-0.39, 0.29) is 0 Å². The van der Waals surface area contributed by atoms with Crippen molar-refractivity contribution in [3.63, 3.8) is 0 Å². The first-order chi connectivity index (χ1) is 7.31. The number of rotatable bonds is 2. The molecule has 0 spiro atoms. The summed E-state index contributed by atoms with van der Waals surface area (Å²) >= 11 is 0. The number of anilines is 1. The molecule has 1 heterocycles. The smallest absolute Gasteiger partial charge is 0.0394 e. The van der Waals surface area contributed by atoms with E-state index < -0.39 is 0 Å². The van der Waals surface area contributed by atoms with Crippen molar-refractivity contribution in [2.45, 2.75) is 6.54 Å². The Labute approximate surface area is 88.8 Å². The molecule has 2 rings (SSSR count). The molecule has 4 N–H and O–H groups in total. The third-order valence-corrected chi connectivity index (χ3v) is 2.33. The van der Waals surface area contributed by atoms with E-state index in [0.29, 0.717) is 6.54 Å². The molecule has 0 bridgehead atoms. The van der Waals surface area contributed by atoms with Crippen LogP contribution in [-0.4, -0.2) is 4.98 Å². The van der Waals surface area contributed by atoms with Gasteiger partial charge in [-0.2, -0.15) is 0 Å². The van der Waals surface area contributed by atoms with Crippen molar-refractivity contribution in [3.05, 3.63) is 48.3 Å². The molecule has 1 aromatic heterocycles. The molecule has 0 amide bonds. The van der Waals surface area contributed by atoms with E-state index in [2.05, 4.69) is 4.98 Å². The highest BCUT2D eigenvalue weighted by atomic mass is 14.6. The van der Waals surface area contributed by atoms with E-state index in [1.54, 1.807) is 12.4 Å². The van der Waals surface area contributed by atoms with E-state index >= 15 is 0 Å². The van der Waals surface area contributed by atoms with Crippen LogP contribution in [0.5, 0.6) is 0 Å². The highest BCUT2D eigenvalue weighted by Crippen LogP contribution is 2.25. The number of nitrogens with two attached hydrogens (primary N) is 2. The third kappa shape index (κ3) is 1.97. The minimum absolute atomic E-state index is 0.521. The van der Waals surface area contributed by atoms with E-state index in [4.69, 9.17) is 11.5 Å². The zero-order valence-electron chi connectivity index (χ0n) is 8.35. The fraction of sp³-hybridized carbons (Fsp3) is 0.0833. The van der Waals surface area contributed by atoms with Gasteiger partial charge in [-0.1, -0.05) is 12.1 Å². The molecule has 0 saturated heterocycles. The molecule has 3 nitrogen and oxygen atoms in total.